The van der Waals surface area contributed by atoms with Gasteiger partial charge in [-0.25, -0.2) is 4.39 Å². The Labute approximate surface area is 114 Å². The number of nitrogens with zero attached hydrogens (tertiary/aromatic N) is 1. The highest BCUT2D eigenvalue weighted by molar-refractivity contribution is 7.84. The van der Waals surface area contributed by atoms with Crippen molar-refractivity contribution in [2.45, 2.75) is 19.1 Å². The summed E-state index contributed by atoms with van der Waals surface area (Å²) in [6.45, 7) is 2.01. The lowest BCUT2D eigenvalue weighted by molar-refractivity contribution is -0.129. The standard InChI is InChI=1S/C13H17FN2O2S/c1-9(8-19(2)18)16-12(17)7-15-13(16)10-5-3-4-6-11(10)14/h3-6,9,13,15H,7-8H2,1-2H3. The molecule has 1 aromatic carbocycles. The van der Waals surface area contributed by atoms with Crippen LogP contribution in [0.25, 0.3) is 0 Å². The first-order valence-electron chi connectivity index (χ1n) is 6.09. The van der Waals surface area contributed by atoms with Crippen molar-refractivity contribution in [1.29, 1.82) is 0 Å². The molecule has 104 valence electrons. The molecule has 1 fully saturated rings. The summed E-state index contributed by atoms with van der Waals surface area (Å²) in [4.78, 5) is 13.5. The van der Waals surface area contributed by atoms with Gasteiger partial charge in [0, 0.05) is 34.4 Å². The number of nitrogens with one attached hydrogen (secondary N) is 1. The lowest BCUT2D eigenvalue weighted by Crippen LogP contribution is -2.41. The predicted molar refractivity (Wildman–Crippen MR) is 72.4 cm³/mol. The van der Waals surface area contributed by atoms with Crippen molar-refractivity contribution in [3.8, 4) is 0 Å². The van der Waals surface area contributed by atoms with Crippen molar-refractivity contribution in [2.75, 3.05) is 18.6 Å². The van der Waals surface area contributed by atoms with E-state index in [9.17, 15) is 13.4 Å². The monoisotopic (exact) mass is 284 g/mol. The van der Waals surface area contributed by atoms with Crippen molar-refractivity contribution in [1.82, 2.24) is 10.2 Å². The average Bonchev–Trinajstić information content (AvgIpc) is 2.70. The van der Waals surface area contributed by atoms with E-state index >= 15 is 0 Å². The van der Waals surface area contributed by atoms with Crippen LogP contribution in [0.3, 0.4) is 0 Å². The largest absolute Gasteiger partial charge is 0.318 e. The SMILES string of the molecule is CC(CS(C)=O)N1C(=O)CNC1c1ccccc1F. The Kier molecular flexibility index (Phi) is 4.31. The van der Waals surface area contributed by atoms with Gasteiger partial charge in [0.1, 0.15) is 12.0 Å². The van der Waals surface area contributed by atoms with Crippen LogP contribution in [-0.2, 0) is 15.6 Å². The van der Waals surface area contributed by atoms with Crippen LogP contribution in [0, 0.1) is 5.82 Å². The van der Waals surface area contributed by atoms with Crippen LogP contribution < -0.4 is 5.32 Å². The molecule has 2 rings (SSSR count). The van der Waals surface area contributed by atoms with Gasteiger partial charge in [0.15, 0.2) is 0 Å². The van der Waals surface area contributed by atoms with E-state index in [1.807, 2.05) is 6.92 Å². The lowest BCUT2D eigenvalue weighted by atomic mass is 10.1. The molecule has 3 atom stereocenters. The van der Waals surface area contributed by atoms with Gasteiger partial charge in [-0.2, -0.15) is 0 Å². The molecule has 1 saturated heterocycles. The van der Waals surface area contributed by atoms with Crippen LogP contribution in [0.15, 0.2) is 24.3 Å². The van der Waals surface area contributed by atoms with Crippen molar-refractivity contribution in [3.05, 3.63) is 35.6 Å². The van der Waals surface area contributed by atoms with Crippen molar-refractivity contribution in [3.63, 3.8) is 0 Å². The van der Waals surface area contributed by atoms with Crippen molar-refractivity contribution in [2.24, 2.45) is 0 Å². The molecule has 1 aromatic rings. The number of benzene rings is 1. The quantitative estimate of drug-likeness (QED) is 0.898. The van der Waals surface area contributed by atoms with E-state index in [2.05, 4.69) is 5.32 Å². The normalized spacial score (nSPS) is 22.6. The van der Waals surface area contributed by atoms with Crippen molar-refractivity contribution >= 4 is 16.7 Å². The number of halogens is 1. The Morgan fingerprint density at radius 3 is 2.84 bits per heavy atom. The summed E-state index contributed by atoms with van der Waals surface area (Å²) in [5.74, 6) is -0.0472. The van der Waals surface area contributed by atoms with Crippen LogP contribution in [0.2, 0.25) is 0 Å². The fraction of sp³-hybridized carbons (Fsp3) is 0.462. The third kappa shape index (κ3) is 3.01. The molecule has 0 radical (unpaired) electrons. The molecule has 0 spiro atoms. The average molecular weight is 284 g/mol. The van der Waals surface area contributed by atoms with Crippen molar-refractivity contribution < 1.29 is 13.4 Å². The number of hydrogen-bond acceptors (Lipinski definition) is 3. The number of carbonyl (C=O) groups excluding carboxylic acids is 1. The fourth-order valence-corrected chi connectivity index (χ4v) is 3.23. The molecule has 0 bridgehead atoms. The number of rotatable bonds is 4. The van der Waals surface area contributed by atoms with Gasteiger partial charge < -0.3 is 4.90 Å². The van der Waals surface area contributed by atoms with E-state index in [4.69, 9.17) is 0 Å². The van der Waals surface area contributed by atoms with Gasteiger partial charge >= 0.3 is 0 Å². The number of hydrogen-bond donors (Lipinski definition) is 1. The van der Waals surface area contributed by atoms with Gasteiger partial charge in [-0.15, -0.1) is 0 Å². The molecule has 1 N–H and O–H groups in total. The molecule has 0 aromatic heterocycles. The van der Waals surface area contributed by atoms with Crippen LogP contribution in [-0.4, -0.2) is 39.6 Å². The Morgan fingerprint density at radius 2 is 2.21 bits per heavy atom. The molecule has 1 aliphatic heterocycles. The van der Waals surface area contributed by atoms with Gasteiger partial charge in [-0.1, -0.05) is 18.2 Å². The van der Waals surface area contributed by atoms with Crippen LogP contribution in [0.1, 0.15) is 18.7 Å². The van der Waals surface area contributed by atoms with E-state index in [0.29, 0.717) is 11.3 Å². The van der Waals surface area contributed by atoms with E-state index in [1.165, 1.54) is 6.07 Å². The Hall–Kier alpha value is -1.27. The molecule has 4 nitrogen and oxygen atoms in total. The molecule has 1 aliphatic rings. The molecule has 6 heteroatoms. The Bertz CT molecular complexity index is 509. The predicted octanol–water partition coefficient (Wildman–Crippen LogP) is 1.02. The zero-order valence-electron chi connectivity index (χ0n) is 10.9. The second kappa shape index (κ2) is 5.79. The Morgan fingerprint density at radius 1 is 1.53 bits per heavy atom. The van der Waals surface area contributed by atoms with E-state index in [0.717, 1.165) is 0 Å². The number of carbonyl (C=O) groups is 1. The highest BCUT2D eigenvalue weighted by Crippen LogP contribution is 2.26. The van der Waals surface area contributed by atoms with Gasteiger partial charge in [0.05, 0.1) is 6.54 Å². The summed E-state index contributed by atoms with van der Waals surface area (Å²) >= 11 is 0. The summed E-state index contributed by atoms with van der Waals surface area (Å²) < 4.78 is 25.1. The third-order valence-corrected chi connectivity index (χ3v) is 4.12. The summed E-state index contributed by atoms with van der Waals surface area (Å²) in [6, 6.07) is 6.20. The van der Waals surface area contributed by atoms with E-state index in [1.54, 1.807) is 29.4 Å². The fourth-order valence-electron chi connectivity index (χ4n) is 2.39. The maximum absolute atomic E-state index is 13.8. The zero-order valence-corrected chi connectivity index (χ0v) is 11.7. The molecule has 1 amide bonds. The van der Waals surface area contributed by atoms with Gasteiger partial charge in [0.25, 0.3) is 0 Å². The first-order chi connectivity index (χ1) is 9.00. The smallest absolute Gasteiger partial charge is 0.238 e. The highest BCUT2D eigenvalue weighted by Gasteiger charge is 2.36. The first-order valence-corrected chi connectivity index (χ1v) is 7.82. The van der Waals surface area contributed by atoms with Crippen LogP contribution in [0.5, 0.6) is 0 Å². The minimum atomic E-state index is -0.999. The highest BCUT2D eigenvalue weighted by atomic mass is 32.2. The molecule has 0 saturated carbocycles. The maximum atomic E-state index is 13.8. The Balaban J connectivity index is 2.27. The third-order valence-electron chi connectivity index (χ3n) is 3.16. The molecular formula is C13H17FN2O2S. The maximum Gasteiger partial charge on any atom is 0.238 e. The van der Waals surface area contributed by atoms with Crippen LogP contribution >= 0.6 is 0 Å². The molecule has 0 aliphatic carbocycles. The number of amides is 1. The first kappa shape index (κ1) is 14.1. The second-order valence-electron chi connectivity index (χ2n) is 4.69. The second-order valence-corrected chi connectivity index (χ2v) is 6.17. The lowest BCUT2D eigenvalue weighted by Gasteiger charge is -2.30. The minimum absolute atomic E-state index is 0.0915. The molecule has 19 heavy (non-hydrogen) atoms. The summed E-state index contributed by atoms with van der Waals surface area (Å²) in [5, 5.41) is 3.01. The summed E-state index contributed by atoms with van der Waals surface area (Å²) in [7, 11) is -0.999. The molecular weight excluding hydrogens is 267 g/mol. The van der Waals surface area contributed by atoms with Crippen LogP contribution in [0.4, 0.5) is 4.39 Å². The summed E-state index contributed by atoms with van der Waals surface area (Å²) in [5.41, 5.74) is 0.446. The van der Waals surface area contributed by atoms with E-state index in [-0.39, 0.29) is 24.3 Å². The topological polar surface area (TPSA) is 49.4 Å². The van der Waals surface area contributed by atoms with Gasteiger partial charge in [-0.05, 0) is 13.0 Å². The van der Waals surface area contributed by atoms with Gasteiger partial charge in [0.2, 0.25) is 5.91 Å². The molecule has 1 heterocycles. The van der Waals surface area contributed by atoms with Gasteiger partial charge in [-0.3, -0.25) is 14.3 Å². The zero-order chi connectivity index (χ0) is 14.0. The summed E-state index contributed by atoms with van der Waals surface area (Å²) in [6.07, 6.45) is 1.12. The molecule has 3 unspecified atom stereocenters. The van der Waals surface area contributed by atoms with E-state index < -0.39 is 17.0 Å². The minimum Gasteiger partial charge on any atom is -0.318 e.